The van der Waals surface area contributed by atoms with E-state index in [0.29, 0.717) is 19.5 Å². The summed E-state index contributed by atoms with van der Waals surface area (Å²) in [7, 11) is 0. The summed E-state index contributed by atoms with van der Waals surface area (Å²) in [4.78, 5) is 26.3. The Morgan fingerprint density at radius 3 is 2.65 bits per heavy atom. The van der Waals surface area contributed by atoms with Gasteiger partial charge in [-0.1, -0.05) is 48.5 Å². The number of nitrogens with zero attached hydrogens (tertiary/aromatic N) is 1. The van der Waals surface area contributed by atoms with Gasteiger partial charge in [0.2, 0.25) is 5.91 Å². The molecule has 0 aromatic heterocycles. The first kappa shape index (κ1) is 17.9. The fourth-order valence-corrected chi connectivity index (χ4v) is 3.17. The van der Waals surface area contributed by atoms with Gasteiger partial charge in [-0.15, -0.1) is 0 Å². The lowest BCUT2D eigenvalue weighted by molar-refractivity contribution is -0.128. The maximum atomic E-state index is 12.8. The number of rotatable bonds is 5. The minimum atomic E-state index is -0.643. The molecule has 6 nitrogen and oxygen atoms in total. The van der Waals surface area contributed by atoms with Crippen molar-refractivity contribution >= 4 is 17.6 Å². The minimum absolute atomic E-state index is 0.146. The van der Waals surface area contributed by atoms with Crippen LogP contribution >= 0.6 is 0 Å². The molecule has 1 atom stereocenters. The van der Waals surface area contributed by atoms with Crippen LogP contribution in [0, 0.1) is 0 Å². The van der Waals surface area contributed by atoms with Crippen LogP contribution in [0.15, 0.2) is 54.6 Å². The number of benzene rings is 2. The third-order valence-electron chi connectivity index (χ3n) is 4.49. The minimum Gasteiger partial charge on any atom is -0.396 e. The SMILES string of the molecule is O=C1NCCN(C(=O)Nc2ccccc2Cc2ccccc2)[C@H]1CCO. The summed E-state index contributed by atoms with van der Waals surface area (Å²) in [6.45, 7) is 0.690. The molecule has 2 aromatic carbocycles. The molecule has 0 bridgehead atoms. The summed E-state index contributed by atoms with van der Waals surface area (Å²) in [6.07, 6.45) is 0.933. The van der Waals surface area contributed by atoms with Crippen LogP contribution in [0.1, 0.15) is 17.5 Å². The number of nitrogens with one attached hydrogen (secondary N) is 2. The second-order valence-electron chi connectivity index (χ2n) is 6.26. The Morgan fingerprint density at radius 2 is 1.88 bits per heavy atom. The van der Waals surface area contributed by atoms with Crippen LogP contribution in [0.4, 0.5) is 10.5 Å². The zero-order chi connectivity index (χ0) is 18.4. The van der Waals surface area contributed by atoms with Crippen LogP contribution in [-0.4, -0.2) is 47.7 Å². The van der Waals surface area contributed by atoms with Crippen LogP contribution in [0.25, 0.3) is 0 Å². The van der Waals surface area contributed by atoms with Gasteiger partial charge in [0, 0.05) is 25.4 Å². The van der Waals surface area contributed by atoms with Crippen molar-refractivity contribution in [3.05, 3.63) is 65.7 Å². The lowest BCUT2D eigenvalue weighted by Gasteiger charge is -2.34. The smallest absolute Gasteiger partial charge is 0.322 e. The van der Waals surface area contributed by atoms with Gasteiger partial charge in [0.1, 0.15) is 6.04 Å². The Bertz CT molecular complexity index is 764. The third-order valence-corrected chi connectivity index (χ3v) is 4.49. The molecule has 3 N–H and O–H groups in total. The molecule has 1 aliphatic heterocycles. The zero-order valence-electron chi connectivity index (χ0n) is 14.5. The number of amides is 3. The van der Waals surface area contributed by atoms with Gasteiger partial charge in [0.15, 0.2) is 0 Å². The highest BCUT2D eigenvalue weighted by Crippen LogP contribution is 2.20. The average molecular weight is 353 g/mol. The van der Waals surface area contributed by atoms with E-state index in [-0.39, 0.29) is 25.0 Å². The summed E-state index contributed by atoms with van der Waals surface area (Å²) >= 11 is 0. The molecule has 0 spiro atoms. The maximum absolute atomic E-state index is 12.8. The molecule has 0 aliphatic carbocycles. The standard InChI is InChI=1S/C20H23N3O3/c24-13-10-18-19(25)21-11-12-23(18)20(26)22-17-9-5-4-8-16(17)14-15-6-2-1-3-7-15/h1-9,18,24H,10-14H2,(H,21,25)(H,22,26)/t18-/m0/s1. The average Bonchev–Trinajstić information content (AvgIpc) is 2.66. The van der Waals surface area contributed by atoms with Crippen molar-refractivity contribution in [3.63, 3.8) is 0 Å². The molecule has 1 heterocycles. The number of urea groups is 1. The van der Waals surface area contributed by atoms with Gasteiger partial charge in [-0.25, -0.2) is 4.79 Å². The number of carbonyl (C=O) groups is 2. The summed E-state index contributed by atoms with van der Waals surface area (Å²) in [5.41, 5.74) is 2.90. The van der Waals surface area contributed by atoms with Crippen molar-refractivity contribution in [2.24, 2.45) is 0 Å². The van der Waals surface area contributed by atoms with E-state index in [1.54, 1.807) is 0 Å². The van der Waals surface area contributed by atoms with Gasteiger partial charge >= 0.3 is 6.03 Å². The first-order chi connectivity index (χ1) is 12.7. The third kappa shape index (κ3) is 4.21. The number of anilines is 1. The van der Waals surface area contributed by atoms with Crippen molar-refractivity contribution in [2.45, 2.75) is 18.9 Å². The van der Waals surface area contributed by atoms with Crippen LogP contribution in [0.5, 0.6) is 0 Å². The molecule has 1 aliphatic rings. The van der Waals surface area contributed by atoms with E-state index in [4.69, 9.17) is 0 Å². The number of hydrogen-bond acceptors (Lipinski definition) is 3. The molecular formula is C20H23N3O3. The van der Waals surface area contributed by atoms with Crippen LogP contribution in [0.3, 0.4) is 0 Å². The number of aliphatic hydroxyl groups excluding tert-OH is 1. The van der Waals surface area contributed by atoms with Crippen molar-refractivity contribution in [2.75, 3.05) is 25.0 Å². The highest BCUT2D eigenvalue weighted by atomic mass is 16.3. The van der Waals surface area contributed by atoms with E-state index >= 15 is 0 Å². The van der Waals surface area contributed by atoms with Crippen LogP contribution < -0.4 is 10.6 Å². The van der Waals surface area contributed by atoms with Gasteiger partial charge < -0.3 is 20.6 Å². The fraction of sp³-hybridized carbons (Fsp3) is 0.300. The summed E-state index contributed by atoms with van der Waals surface area (Å²) in [5, 5.41) is 14.9. The van der Waals surface area contributed by atoms with Crippen molar-refractivity contribution in [1.29, 1.82) is 0 Å². The van der Waals surface area contributed by atoms with Crippen LogP contribution in [-0.2, 0) is 11.2 Å². The largest absolute Gasteiger partial charge is 0.396 e. The lowest BCUT2D eigenvalue weighted by Crippen LogP contribution is -2.58. The number of para-hydroxylation sites is 1. The van der Waals surface area contributed by atoms with Gasteiger partial charge in [-0.2, -0.15) is 0 Å². The van der Waals surface area contributed by atoms with Gasteiger partial charge in [0.25, 0.3) is 0 Å². The highest BCUT2D eigenvalue weighted by Gasteiger charge is 2.32. The van der Waals surface area contributed by atoms with Crippen molar-refractivity contribution < 1.29 is 14.7 Å². The second-order valence-corrected chi connectivity index (χ2v) is 6.26. The lowest BCUT2D eigenvalue weighted by atomic mass is 10.0. The molecule has 1 fully saturated rings. The molecule has 3 amide bonds. The number of piperazine rings is 1. The fourth-order valence-electron chi connectivity index (χ4n) is 3.17. The van der Waals surface area contributed by atoms with E-state index in [9.17, 15) is 14.7 Å². The molecule has 0 saturated carbocycles. The first-order valence-electron chi connectivity index (χ1n) is 8.77. The van der Waals surface area contributed by atoms with Gasteiger partial charge in [-0.05, 0) is 30.0 Å². The predicted octanol–water partition coefficient (Wildman–Crippen LogP) is 1.99. The van der Waals surface area contributed by atoms with Crippen molar-refractivity contribution in [1.82, 2.24) is 10.2 Å². The monoisotopic (exact) mass is 353 g/mol. The zero-order valence-corrected chi connectivity index (χ0v) is 14.5. The molecule has 3 rings (SSSR count). The number of hydrogen-bond donors (Lipinski definition) is 3. The first-order valence-corrected chi connectivity index (χ1v) is 8.77. The summed E-state index contributed by atoms with van der Waals surface area (Å²) in [6, 6.07) is 16.7. The predicted molar refractivity (Wildman–Crippen MR) is 99.9 cm³/mol. The van der Waals surface area contributed by atoms with E-state index in [1.165, 1.54) is 4.90 Å². The number of carbonyl (C=O) groups excluding carboxylic acids is 2. The van der Waals surface area contributed by atoms with E-state index in [1.807, 2.05) is 54.6 Å². The Hall–Kier alpha value is -2.86. The molecular weight excluding hydrogens is 330 g/mol. The molecule has 6 heteroatoms. The van der Waals surface area contributed by atoms with E-state index in [2.05, 4.69) is 10.6 Å². The topological polar surface area (TPSA) is 81.7 Å². The maximum Gasteiger partial charge on any atom is 0.322 e. The second kappa shape index (κ2) is 8.49. The van der Waals surface area contributed by atoms with Crippen LogP contribution in [0.2, 0.25) is 0 Å². The quantitative estimate of drug-likeness (QED) is 0.769. The Labute approximate surface area is 152 Å². The van der Waals surface area contributed by atoms with E-state index < -0.39 is 6.04 Å². The summed E-state index contributed by atoms with van der Waals surface area (Å²) < 4.78 is 0. The molecule has 0 radical (unpaired) electrons. The molecule has 26 heavy (non-hydrogen) atoms. The van der Waals surface area contributed by atoms with Gasteiger partial charge in [-0.3, -0.25) is 4.79 Å². The molecule has 136 valence electrons. The highest BCUT2D eigenvalue weighted by molar-refractivity contribution is 5.95. The summed E-state index contributed by atoms with van der Waals surface area (Å²) in [5.74, 6) is -0.224. The number of aliphatic hydroxyl groups is 1. The molecule has 0 unspecified atom stereocenters. The van der Waals surface area contributed by atoms with Crippen molar-refractivity contribution in [3.8, 4) is 0 Å². The Balaban J connectivity index is 1.75. The van der Waals surface area contributed by atoms with E-state index in [0.717, 1.165) is 16.8 Å². The molecule has 2 aromatic rings. The Morgan fingerprint density at radius 1 is 1.15 bits per heavy atom. The molecule has 1 saturated heterocycles. The normalized spacial score (nSPS) is 16.9. The Kier molecular flexibility index (Phi) is 5.86. The van der Waals surface area contributed by atoms with Gasteiger partial charge in [0.05, 0.1) is 0 Å².